The molecule has 0 aliphatic rings. The minimum absolute atomic E-state index is 0.0526. The van der Waals surface area contributed by atoms with E-state index in [1.54, 1.807) is 38.1 Å². The monoisotopic (exact) mass is 400 g/mol. The first kappa shape index (κ1) is 22.1. The molecule has 0 aromatic heterocycles. The Morgan fingerprint density at radius 3 is 2.28 bits per heavy atom. The van der Waals surface area contributed by atoms with Crippen molar-refractivity contribution in [1.82, 2.24) is 5.32 Å². The van der Waals surface area contributed by atoms with E-state index in [9.17, 15) is 18.8 Å². The van der Waals surface area contributed by atoms with Crippen LogP contribution in [0.15, 0.2) is 54.6 Å². The number of anilines is 1. The molecule has 2 rings (SSSR count). The normalized spacial score (nSPS) is 11.6. The molecule has 0 saturated carbocycles. The molecule has 0 aliphatic carbocycles. The predicted molar refractivity (Wildman–Crippen MR) is 108 cm³/mol. The second kappa shape index (κ2) is 10.9. The van der Waals surface area contributed by atoms with Gasteiger partial charge in [-0.05, 0) is 48.7 Å². The molecular formula is C22H25FN2O4. The molecule has 2 aromatic rings. The molecule has 2 N–H and O–H groups in total. The molecule has 6 nitrogen and oxygen atoms in total. The number of ketones is 1. The van der Waals surface area contributed by atoms with Gasteiger partial charge in [0.05, 0.1) is 6.61 Å². The fourth-order valence-corrected chi connectivity index (χ4v) is 2.60. The lowest BCUT2D eigenvalue weighted by molar-refractivity contribution is -0.147. The van der Waals surface area contributed by atoms with Crippen molar-refractivity contribution < 1.29 is 23.5 Å². The number of urea groups is 1. The average Bonchev–Trinajstić information content (AvgIpc) is 2.70. The van der Waals surface area contributed by atoms with Gasteiger partial charge in [-0.15, -0.1) is 0 Å². The van der Waals surface area contributed by atoms with Crippen LogP contribution in [0.3, 0.4) is 0 Å². The van der Waals surface area contributed by atoms with Crippen molar-refractivity contribution in [2.75, 3.05) is 11.9 Å². The van der Waals surface area contributed by atoms with Gasteiger partial charge in [-0.1, -0.05) is 32.0 Å². The maximum Gasteiger partial charge on any atom is 0.328 e. The molecule has 7 heteroatoms. The van der Waals surface area contributed by atoms with Crippen molar-refractivity contribution in [3.05, 3.63) is 66.0 Å². The number of halogens is 1. The topological polar surface area (TPSA) is 84.5 Å². The van der Waals surface area contributed by atoms with Crippen LogP contribution in [0.5, 0.6) is 0 Å². The Morgan fingerprint density at radius 1 is 1.00 bits per heavy atom. The molecule has 0 heterocycles. The van der Waals surface area contributed by atoms with Gasteiger partial charge < -0.3 is 15.4 Å². The number of nitrogens with one attached hydrogen (secondary N) is 2. The highest BCUT2D eigenvalue weighted by Crippen LogP contribution is 2.10. The van der Waals surface area contributed by atoms with E-state index in [1.807, 2.05) is 6.07 Å². The van der Waals surface area contributed by atoms with Gasteiger partial charge >= 0.3 is 12.0 Å². The Morgan fingerprint density at radius 2 is 1.66 bits per heavy atom. The fourth-order valence-electron chi connectivity index (χ4n) is 2.60. The summed E-state index contributed by atoms with van der Waals surface area (Å²) in [6.45, 7) is 3.65. The number of amides is 2. The first-order valence-electron chi connectivity index (χ1n) is 9.45. The largest absolute Gasteiger partial charge is 0.464 e. The number of esters is 1. The van der Waals surface area contributed by atoms with Crippen molar-refractivity contribution in [3.8, 4) is 0 Å². The maximum absolute atomic E-state index is 12.9. The number of carbonyl (C=O) groups is 3. The van der Waals surface area contributed by atoms with E-state index in [2.05, 4.69) is 10.6 Å². The molecule has 0 fully saturated rings. The van der Waals surface area contributed by atoms with Gasteiger partial charge in [-0.2, -0.15) is 0 Å². The Labute approximate surface area is 169 Å². The van der Waals surface area contributed by atoms with Crippen LogP contribution >= 0.6 is 0 Å². The molecule has 0 spiro atoms. The minimum Gasteiger partial charge on any atom is -0.464 e. The van der Waals surface area contributed by atoms with Crippen LogP contribution in [0.4, 0.5) is 14.9 Å². The van der Waals surface area contributed by atoms with Crippen LogP contribution in [0.25, 0.3) is 0 Å². The van der Waals surface area contributed by atoms with Crippen molar-refractivity contribution in [2.24, 2.45) is 5.92 Å². The number of benzene rings is 2. The van der Waals surface area contributed by atoms with E-state index in [1.165, 1.54) is 24.3 Å². The van der Waals surface area contributed by atoms with Crippen molar-refractivity contribution >= 4 is 23.5 Å². The zero-order valence-electron chi connectivity index (χ0n) is 16.5. The highest BCUT2D eigenvalue weighted by atomic mass is 19.1. The van der Waals surface area contributed by atoms with Crippen LogP contribution in [0, 0.1) is 11.7 Å². The summed E-state index contributed by atoms with van der Waals surface area (Å²) in [6.07, 6.45) is 0.510. The summed E-state index contributed by atoms with van der Waals surface area (Å²) < 4.78 is 18.1. The third-order valence-corrected chi connectivity index (χ3v) is 4.20. The molecule has 154 valence electrons. The Bertz CT molecular complexity index is 822. The molecule has 1 atom stereocenters. The molecule has 0 bridgehead atoms. The highest BCUT2D eigenvalue weighted by molar-refractivity contribution is 5.96. The van der Waals surface area contributed by atoms with E-state index in [-0.39, 0.29) is 24.7 Å². The first-order chi connectivity index (χ1) is 13.9. The van der Waals surface area contributed by atoms with E-state index < -0.39 is 23.9 Å². The van der Waals surface area contributed by atoms with Gasteiger partial charge in [0.25, 0.3) is 0 Å². The van der Waals surface area contributed by atoms with Crippen LogP contribution < -0.4 is 10.6 Å². The number of carbonyl (C=O) groups excluding carboxylic acids is 3. The van der Waals surface area contributed by atoms with Crippen LogP contribution in [-0.2, 0) is 9.53 Å². The van der Waals surface area contributed by atoms with E-state index in [0.29, 0.717) is 17.7 Å². The lowest BCUT2D eigenvalue weighted by atomic mass is 10.0. The quantitative estimate of drug-likeness (QED) is 0.376. The van der Waals surface area contributed by atoms with Crippen LogP contribution in [0.2, 0.25) is 0 Å². The fraction of sp³-hybridized carbons (Fsp3) is 0.318. The molecule has 2 aromatic carbocycles. The summed E-state index contributed by atoms with van der Waals surface area (Å²) in [6, 6.07) is 12.9. The Kier molecular flexibility index (Phi) is 8.33. The number of rotatable bonds is 9. The van der Waals surface area contributed by atoms with E-state index in [4.69, 9.17) is 4.74 Å². The summed E-state index contributed by atoms with van der Waals surface area (Å²) >= 11 is 0. The zero-order valence-corrected chi connectivity index (χ0v) is 16.5. The zero-order chi connectivity index (χ0) is 21.2. The van der Waals surface area contributed by atoms with E-state index >= 15 is 0 Å². The summed E-state index contributed by atoms with van der Waals surface area (Å²) in [7, 11) is 0. The molecule has 0 aliphatic heterocycles. The Hall–Kier alpha value is -3.22. The molecule has 2 amide bonds. The summed E-state index contributed by atoms with van der Waals surface area (Å²) in [5, 5.41) is 5.28. The highest BCUT2D eigenvalue weighted by Gasteiger charge is 2.25. The van der Waals surface area contributed by atoms with Crippen molar-refractivity contribution in [2.45, 2.75) is 32.7 Å². The van der Waals surface area contributed by atoms with Crippen molar-refractivity contribution in [3.63, 3.8) is 0 Å². The van der Waals surface area contributed by atoms with E-state index in [0.717, 1.165) is 0 Å². The van der Waals surface area contributed by atoms with Crippen LogP contribution in [-0.4, -0.2) is 30.4 Å². The SMILES string of the molecule is CC(C)[C@H](NC(=O)Nc1ccccc1)C(=O)OCCCC(=O)c1ccc(F)cc1. The summed E-state index contributed by atoms with van der Waals surface area (Å²) in [5.41, 5.74) is 1.03. The number of hydrogen-bond donors (Lipinski definition) is 2. The number of Topliss-reactive ketones (excluding diaryl/α,β-unsaturated/α-hetero) is 1. The smallest absolute Gasteiger partial charge is 0.328 e. The second-order valence-corrected chi connectivity index (χ2v) is 6.89. The lowest BCUT2D eigenvalue weighted by Crippen LogP contribution is -2.47. The van der Waals surface area contributed by atoms with Gasteiger partial charge in [0, 0.05) is 17.7 Å². The van der Waals surface area contributed by atoms with Gasteiger partial charge in [0.2, 0.25) is 0 Å². The first-order valence-corrected chi connectivity index (χ1v) is 9.45. The van der Waals surface area contributed by atoms with Gasteiger partial charge in [-0.3, -0.25) is 4.79 Å². The van der Waals surface area contributed by atoms with Gasteiger partial charge in [0.15, 0.2) is 5.78 Å². The molecule has 29 heavy (non-hydrogen) atoms. The average molecular weight is 400 g/mol. The molecular weight excluding hydrogens is 375 g/mol. The Balaban J connectivity index is 1.77. The minimum atomic E-state index is -0.813. The lowest BCUT2D eigenvalue weighted by Gasteiger charge is -2.21. The van der Waals surface area contributed by atoms with Crippen molar-refractivity contribution in [1.29, 1.82) is 0 Å². The van der Waals surface area contributed by atoms with Crippen LogP contribution in [0.1, 0.15) is 37.0 Å². The third kappa shape index (κ3) is 7.37. The third-order valence-electron chi connectivity index (χ3n) is 4.20. The molecule has 0 unspecified atom stereocenters. The van der Waals surface area contributed by atoms with Gasteiger partial charge in [0.1, 0.15) is 11.9 Å². The molecule has 0 saturated heterocycles. The van der Waals surface area contributed by atoms with Gasteiger partial charge in [-0.25, -0.2) is 14.0 Å². The number of hydrogen-bond acceptors (Lipinski definition) is 4. The summed E-state index contributed by atoms with van der Waals surface area (Å²) in [4.78, 5) is 36.5. The predicted octanol–water partition coefficient (Wildman–Crippen LogP) is 4.18. The standard InChI is InChI=1S/C22H25FN2O4/c1-15(2)20(25-22(28)24-18-7-4-3-5-8-18)21(27)29-14-6-9-19(26)16-10-12-17(23)13-11-16/h3-5,7-8,10-13,15,20H,6,9,14H2,1-2H3,(H2,24,25,28)/t20-/m0/s1. The molecule has 0 radical (unpaired) electrons. The second-order valence-electron chi connectivity index (χ2n) is 6.89. The maximum atomic E-state index is 12.9. The number of para-hydroxylation sites is 1. The number of ether oxygens (including phenoxy) is 1. The summed E-state index contributed by atoms with van der Waals surface area (Å²) in [5.74, 6) is -1.29.